The van der Waals surface area contributed by atoms with Crippen LogP contribution in [0.3, 0.4) is 0 Å². The Morgan fingerprint density at radius 3 is 2.52 bits per heavy atom. The largest absolute Gasteiger partial charge is 0.423 e. The van der Waals surface area contributed by atoms with E-state index in [0.717, 1.165) is 55.8 Å². The number of piperazine rings is 1. The fourth-order valence-electron chi connectivity index (χ4n) is 2.97. The summed E-state index contributed by atoms with van der Waals surface area (Å²) in [5.74, 6) is 0. The smallest absolute Gasteiger partial charge is 0.336 e. The second kappa shape index (κ2) is 6.00. The zero-order valence-corrected chi connectivity index (χ0v) is 12.8. The van der Waals surface area contributed by atoms with E-state index in [4.69, 9.17) is 4.42 Å². The summed E-state index contributed by atoms with van der Waals surface area (Å²) in [6.45, 7) is 10.5. The molecule has 21 heavy (non-hydrogen) atoms. The Morgan fingerprint density at radius 1 is 1.10 bits per heavy atom. The molecular formula is C17H22N2O2. The number of hydrogen-bond acceptors (Lipinski definition) is 4. The summed E-state index contributed by atoms with van der Waals surface area (Å²) >= 11 is 0. The molecule has 2 aromatic rings. The number of benzene rings is 1. The third-order valence-electron chi connectivity index (χ3n) is 4.29. The minimum atomic E-state index is -0.254. The first-order valence-electron chi connectivity index (χ1n) is 7.64. The van der Waals surface area contributed by atoms with Crippen LogP contribution in [0, 0.1) is 6.92 Å². The van der Waals surface area contributed by atoms with Crippen LogP contribution in [0.25, 0.3) is 11.0 Å². The molecule has 0 amide bonds. The summed E-state index contributed by atoms with van der Waals surface area (Å²) in [4.78, 5) is 16.6. The van der Waals surface area contributed by atoms with Gasteiger partial charge in [-0.3, -0.25) is 4.90 Å². The second-order valence-corrected chi connectivity index (χ2v) is 5.80. The van der Waals surface area contributed by atoms with Gasteiger partial charge in [0.15, 0.2) is 0 Å². The number of likely N-dealkylation sites (N-methyl/N-ethyl adjacent to an activating group) is 1. The van der Waals surface area contributed by atoms with Crippen molar-refractivity contribution in [3.05, 3.63) is 45.8 Å². The summed E-state index contributed by atoms with van der Waals surface area (Å²) in [6, 6.07) is 7.71. The van der Waals surface area contributed by atoms with Crippen molar-refractivity contribution in [2.75, 3.05) is 32.7 Å². The lowest BCUT2D eigenvalue weighted by Crippen LogP contribution is -2.45. The molecule has 0 atom stereocenters. The van der Waals surface area contributed by atoms with Gasteiger partial charge < -0.3 is 9.32 Å². The van der Waals surface area contributed by atoms with Crippen molar-refractivity contribution in [3.8, 4) is 0 Å². The van der Waals surface area contributed by atoms with Crippen LogP contribution in [0.5, 0.6) is 0 Å². The molecule has 1 aromatic carbocycles. The maximum absolute atomic E-state index is 11.8. The first-order chi connectivity index (χ1) is 10.2. The predicted molar refractivity (Wildman–Crippen MR) is 84.6 cm³/mol. The highest BCUT2D eigenvalue weighted by molar-refractivity contribution is 5.80. The maximum Gasteiger partial charge on any atom is 0.336 e. The molecule has 1 fully saturated rings. The first-order valence-corrected chi connectivity index (χ1v) is 7.64. The Balaban J connectivity index is 1.85. The Bertz CT molecular complexity index is 685. The fraction of sp³-hybridized carbons (Fsp3) is 0.471. The van der Waals surface area contributed by atoms with Gasteiger partial charge in [0.1, 0.15) is 5.58 Å². The van der Waals surface area contributed by atoms with Crippen molar-refractivity contribution in [2.45, 2.75) is 20.4 Å². The van der Waals surface area contributed by atoms with Gasteiger partial charge in [-0.25, -0.2) is 4.79 Å². The van der Waals surface area contributed by atoms with Crippen LogP contribution in [0.2, 0.25) is 0 Å². The third kappa shape index (κ3) is 3.17. The maximum atomic E-state index is 11.8. The van der Waals surface area contributed by atoms with E-state index < -0.39 is 0 Å². The zero-order chi connectivity index (χ0) is 14.8. The highest BCUT2D eigenvalue weighted by atomic mass is 16.4. The lowest BCUT2D eigenvalue weighted by Gasteiger charge is -2.34. The molecule has 0 unspecified atom stereocenters. The quantitative estimate of drug-likeness (QED) is 0.811. The van der Waals surface area contributed by atoms with Crippen LogP contribution in [0.4, 0.5) is 0 Å². The van der Waals surface area contributed by atoms with E-state index in [2.05, 4.69) is 28.9 Å². The minimum Gasteiger partial charge on any atom is -0.423 e. The van der Waals surface area contributed by atoms with E-state index in [1.165, 1.54) is 0 Å². The number of fused-ring (bicyclic) bond motifs is 1. The standard InChI is InChI=1S/C17H22N2O2/c1-3-18-6-8-19(9-7-18)12-14-11-17(20)21-16-10-13(2)4-5-15(14)16/h4-5,10-11H,3,6-9,12H2,1-2H3. The van der Waals surface area contributed by atoms with Gasteiger partial charge in [-0.05, 0) is 30.7 Å². The Morgan fingerprint density at radius 2 is 1.81 bits per heavy atom. The molecule has 1 saturated heterocycles. The molecule has 0 bridgehead atoms. The molecule has 4 nitrogen and oxygen atoms in total. The summed E-state index contributed by atoms with van der Waals surface area (Å²) < 4.78 is 5.32. The molecule has 2 heterocycles. The van der Waals surface area contributed by atoms with Crippen LogP contribution < -0.4 is 5.63 Å². The molecule has 4 heteroatoms. The van der Waals surface area contributed by atoms with Crippen molar-refractivity contribution >= 4 is 11.0 Å². The van der Waals surface area contributed by atoms with Gasteiger partial charge >= 0.3 is 5.63 Å². The van der Waals surface area contributed by atoms with Crippen LogP contribution >= 0.6 is 0 Å². The molecule has 0 radical (unpaired) electrons. The second-order valence-electron chi connectivity index (χ2n) is 5.80. The molecule has 0 aliphatic carbocycles. The number of rotatable bonds is 3. The SMILES string of the molecule is CCN1CCN(Cc2cc(=O)oc3cc(C)ccc23)CC1. The normalized spacial score (nSPS) is 17.4. The highest BCUT2D eigenvalue weighted by Crippen LogP contribution is 2.20. The molecule has 112 valence electrons. The van der Waals surface area contributed by atoms with Gasteiger partial charge in [-0.1, -0.05) is 19.1 Å². The van der Waals surface area contributed by atoms with E-state index in [9.17, 15) is 4.79 Å². The summed E-state index contributed by atoms with van der Waals surface area (Å²) in [6.07, 6.45) is 0. The van der Waals surface area contributed by atoms with Gasteiger partial charge in [-0.2, -0.15) is 0 Å². The van der Waals surface area contributed by atoms with E-state index in [1.54, 1.807) is 6.07 Å². The molecular weight excluding hydrogens is 264 g/mol. The third-order valence-corrected chi connectivity index (χ3v) is 4.29. The molecule has 0 spiro atoms. The van der Waals surface area contributed by atoms with Crippen molar-refractivity contribution in [2.24, 2.45) is 0 Å². The van der Waals surface area contributed by atoms with E-state index in [-0.39, 0.29) is 5.63 Å². The summed E-state index contributed by atoms with van der Waals surface area (Å²) in [5.41, 5.74) is 2.63. The van der Waals surface area contributed by atoms with E-state index in [0.29, 0.717) is 5.58 Å². The molecule has 1 aromatic heterocycles. The van der Waals surface area contributed by atoms with E-state index in [1.807, 2.05) is 13.0 Å². The van der Waals surface area contributed by atoms with Crippen LogP contribution in [-0.2, 0) is 6.54 Å². The van der Waals surface area contributed by atoms with Gasteiger partial charge in [0, 0.05) is 44.2 Å². The van der Waals surface area contributed by atoms with Gasteiger partial charge in [-0.15, -0.1) is 0 Å². The topological polar surface area (TPSA) is 36.7 Å². The predicted octanol–water partition coefficient (Wildman–Crippen LogP) is 2.24. The minimum absolute atomic E-state index is 0.254. The average Bonchev–Trinajstić information content (AvgIpc) is 2.47. The fourth-order valence-corrected chi connectivity index (χ4v) is 2.97. The van der Waals surface area contributed by atoms with Crippen molar-refractivity contribution in [1.82, 2.24) is 9.80 Å². The Kier molecular flexibility index (Phi) is 4.08. The summed E-state index contributed by atoms with van der Waals surface area (Å²) in [5, 5.41) is 1.05. The van der Waals surface area contributed by atoms with Crippen molar-refractivity contribution < 1.29 is 4.42 Å². The molecule has 0 saturated carbocycles. The highest BCUT2D eigenvalue weighted by Gasteiger charge is 2.17. The van der Waals surface area contributed by atoms with Gasteiger partial charge in [0.05, 0.1) is 0 Å². The van der Waals surface area contributed by atoms with Crippen molar-refractivity contribution in [1.29, 1.82) is 0 Å². The number of hydrogen-bond donors (Lipinski definition) is 0. The average molecular weight is 286 g/mol. The zero-order valence-electron chi connectivity index (χ0n) is 12.8. The lowest BCUT2D eigenvalue weighted by atomic mass is 10.1. The monoisotopic (exact) mass is 286 g/mol. The Labute approximate surface area is 125 Å². The molecule has 0 N–H and O–H groups in total. The van der Waals surface area contributed by atoms with Crippen LogP contribution in [-0.4, -0.2) is 42.5 Å². The molecule has 3 rings (SSSR count). The van der Waals surface area contributed by atoms with Crippen LogP contribution in [0.1, 0.15) is 18.1 Å². The van der Waals surface area contributed by atoms with E-state index >= 15 is 0 Å². The van der Waals surface area contributed by atoms with Gasteiger partial charge in [0.25, 0.3) is 0 Å². The Hall–Kier alpha value is -1.65. The number of aryl methyl sites for hydroxylation is 1. The number of nitrogens with zero attached hydrogens (tertiary/aromatic N) is 2. The lowest BCUT2D eigenvalue weighted by molar-refractivity contribution is 0.132. The first kappa shape index (κ1) is 14.3. The van der Waals surface area contributed by atoms with Crippen molar-refractivity contribution in [3.63, 3.8) is 0 Å². The van der Waals surface area contributed by atoms with Crippen LogP contribution in [0.15, 0.2) is 33.5 Å². The molecule has 1 aliphatic heterocycles. The van der Waals surface area contributed by atoms with Gasteiger partial charge in [0.2, 0.25) is 0 Å². The summed E-state index contributed by atoms with van der Waals surface area (Å²) in [7, 11) is 0. The molecule has 1 aliphatic rings.